The van der Waals surface area contributed by atoms with Crippen molar-refractivity contribution in [2.24, 2.45) is 0 Å². The summed E-state index contributed by atoms with van der Waals surface area (Å²) in [4.78, 5) is 5.15. The van der Waals surface area contributed by atoms with Crippen molar-refractivity contribution in [3.63, 3.8) is 0 Å². The molecule has 0 saturated heterocycles. The Balaban J connectivity index is 1.29. The first-order chi connectivity index (χ1) is 26.2. The van der Waals surface area contributed by atoms with Crippen LogP contribution in [0.15, 0.2) is 109 Å². The minimum atomic E-state index is -0.215. The lowest BCUT2D eigenvalue weighted by atomic mass is 9.30. The lowest BCUT2D eigenvalue weighted by Crippen LogP contribution is -2.64. The Bertz CT molecular complexity index is 2500. The molecule has 6 aromatic rings. The molecule has 2 aliphatic carbocycles. The molecular weight excluding hydrogens is 663 g/mol. The number of rotatable bonds is 4. The summed E-state index contributed by atoms with van der Waals surface area (Å²) in [6.45, 7) is 21.3. The number of benzene rings is 6. The van der Waals surface area contributed by atoms with E-state index in [1.807, 2.05) is 0 Å². The molecule has 0 radical (unpaired) electrons. The Morgan fingerprint density at radius 2 is 1.13 bits per heavy atom. The first-order valence-electron chi connectivity index (χ1n) is 20.6. The smallest absolute Gasteiger partial charge is 0.247 e. The monoisotopic (exact) mass is 716 g/mol. The molecule has 0 atom stereocenters. The van der Waals surface area contributed by atoms with E-state index in [0.29, 0.717) is 0 Å². The van der Waals surface area contributed by atoms with E-state index in [1.54, 1.807) is 0 Å². The summed E-state index contributed by atoms with van der Waals surface area (Å²) in [5.41, 5.74) is 24.5. The molecule has 2 aliphatic heterocycles. The SMILES string of the molecule is Cc1ccc2c(c1)B1c3cc(C(C)(C)C)ccc3N(c3ccc(C(C)(C)C)cc3)c3cc(N(c4ccc5c(c4)CC5)c4ccc5c(c4)CC5)cc(c31)C2(C)C. The Hall–Kier alpha value is -5.02. The second-order valence-electron chi connectivity index (χ2n) is 19.5. The minimum absolute atomic E-state index is 0.0268. The third kappa shape index (κ3) is 5.29. The molecule has 55 heavy (non-hydrogen) atoms. The van der Waals surface area contributed by atoms with E-state index < -0.39 is 0 Å². The summed E-state index contributed by atoms with van der Waals surface area (Å²) in [6, 6.07) is 43.5. The zero-order valence-electron chi connectivity index (χ0n) is 34.2. The third-order valence-corrected chi connectivity index (χ3v) is 13.5. The van der Waals surface area contributed by atoms with Crippen LogP contribution in [-0.2, 0) is 41.9 Å². The van der Waals surface area contributed by atoms with Crippen molar-refractivity contribution in [3.05, 3.63) is 159 Å². The molecule has 0 aromatic heterocycles. The average Bonchev–Trinajstić information content (AvgIpc) is 3.11. The first kappa shape index (κ1) is 34.5. The normalized spacial score (nSPS) is 15.9. The van der Waals surface area contributed by atoms with Crippen molar-refractivity contribution < 1.29 is 0 Å². The lowest BCUT2D eigenvalue weighted by Gasteiger charge is -2.46. The highest BCUT2D eigenvalue weighted by molar-refractivity contribution is 6.99. The van der Waals surface area contributed by atoms with Crippen LogP contribution in [0, 0.1) is 6.92 Å². The zero-order chi connectivity index (χ0) is 38.2. The topological polar surface area (TPSA) is 6.48 Å². The van der Waals surface area contributed by atoms with Gasteiger partial charge < -0.3 is 9.80 Å². The highest BCUT2D eigenvalue weighted by atomic mass is 15.2. The minimum Gasteiger partial charge on any atom is -0.311 e. The third-order valence-electron chi connectivity index (χ3n) is 13.5. The van der Waals surface area contributed by atoms with E-state index in [1.165, 1.54) is 113 Å². The maximum atomic E-state index is 2.59. The van der Waals surface area contributed by atoms with Gasteiger partial charge in [-0.1, -0.05) is 121 Å². The summed E-state index contributed by atoms with van der Waals surface area (Å²) >= 11 is 0. The molecule has 0 saturated carbocycles. The van der Waals surface area contributed by atoms with E-state index in [-0.39, 0.29) is 23.0 Å². The molecule has 10 rings (SSSR count). The van der Waals surface area contributed by atoms with Gasteiger partial charge in [0.2, 0.25) is 6.71 Å². The van der Waals surface area contributed by atoms with Gasteiger partial charge >= 0.3 is 0 Å². The summed E-state index contributed by atoms with van der Waals surface area (Å²) in [5, 5.41) is 0. The molecule has 0 spiro atoms. The summed E-state index contributed by atoms with van der Waals surface area (Å²) < 4.78 is 0. The standard InChI is InChI=1S/C52H53BN2/c1-32-10-24-43-45(26-32)53-46-29-38(51(5,6)7)19-25-47(46)55(39-22-17-37(18-23-39)50(2,3)4)48-31-42(30-44(49(48)53)52(43,8)9)54(40-20-15-33-11-13-35(33)27-40)41-21-16-34-12-14-36(34)28-41/h10,15-31H,11-14H2,1-9H3. The van der Waals surface area contributed by atoms with Gasteiger partial charge in [0.15, 0.2) is 0 Å². The van der Waals surface area contributed by atoms with Crippen LogP contribution < -0.4 is 26.2 Å². The summed E-state index contributed by atoms with van der Waals surface area (Å²) in [6.07, 6.45) is 4.69. The lowest BCUT2D eigenvalue weighted by molar-refractivity contribution is 0.590. The van der Waals surface area contributed by atoms with Crippen molar-refractivity contribution in [2.75, 3.05) is 9.80 Å². The first-order valence-corrected chi connectivity index (χ1v) is 20.6. The Labute approximate surface area is 329 Å². The van der Waals surface area contributed by atoms with Crippen LogP contribution >= 0.6 is 0 Å². The maximum absolute atomic E-state index is 2.59. The Kier molecular flexibility index (Phi) is 7.36. The van der Waals surface area contributed by atoms with Crippen LogP contribution in [0.4, 0.5) is 34.1 Å². The van der Waals surface area contributed by atoms with E-state index in [0.717, 1.165) is 12.8 Å². The molecule has 4 aliphatic rings. The summed E-state index contributed by atoms with van der Waals surface area (Å²) in [7, 11) is 0. The average molecular weight is 717 g/mol. The van der Waals surface area contributed by atoms with Crippen LogP contribution in [0.25, 0.3) is 0 Å². The maximum Gasteiger partial charge on any atom is 0.247 e. The zero-order valence-corrected chi connectivity index (χ0v) is 34.2. The molecule has 0 bridgehead atoms. The number of hydrogen-bond acceptors (Lipinski definition) is 2. The van der Waals surface area contributed by atoms with Gasteiger partial charge in [-0.15, -0.1) is 0 Å². The van der Waals surface area contributed by atoms with Gasteiger partial charge in [0.25, 0.3) is 0 Å². The Morgan fingerprint density at radius 3 is 1.69 bits per heavy atom. The number of nitrogens with zero attached hydrogens (tertiary/aromatic N) is 2. The van der Waals surface area contributed by atoms with Crippen LogP contribution in [0.1, 0.15) is 105 Å². The van der Waals surface area contributed by atoms with Gasteiger partial charge in [0.1, 0.15) is 0 Å². The molecule has 0 fully saturated rings. The predicted molar refractivity (Wildman–Crippen MR) is 236 cm³/mol. The van der Waals surface area contributed by atoms with E-state index in [4.69, 9.17) is 0 Å². The van der Waals surface area contributed by atoms with Crippen molar-refractivity contribution in [1.29, 1.82) is 0 Å². The molecule has 0 amide bonds. The van der Waals surface area contributed by atoms with Crippen LogP contribution in [-0.4, -0.2) is 6.71 Å². The van der Waals surface area contributed by atoms with Gasteiger partial charge in [-0.2, -0.15) is 0 Å². The fraction of sp³-hybridized carbons (Fsp3) is 0.308. The van der Waals surface area contributed by atoms with E-state index in [9.17, 15) is 0 Å². The number of anilines is 6. The van der Waals surface area contributed by atoms with Gasteiger partial charge in [-0.25, -0.2) is 0 Å². The second-order valence-corrected chi connectivity index (χ2v) is 19.5. The highest BCUT2D eigenvalue weighted by Crippen LogP contribution is 2.48. The van der Waals surface area contributed by atoms with Gasteiger partial charge in [0.05, 0.1) is 0 Å². The number of aryl methyl sites for hydroxylation is 5. The van der Waals surface area contributed by atoms with Crippen LogP contribution in [0.5, 0.6) is 0 Å². The quantitative estimate of drug-likeness (QED) is 0.167. The van der Waals surface area contributed by atoms with Gasteiger partial charge in [0, 0.05) is 39.5 Å². The van der Waals surface area contributed by atoms with Gasteiger partial charge in [-0.3, -0.25) is 0 Å². The predicted octanol–water partition coefficient (Wildman–Crippen LogP) is 11.2. The largest absolute Gasteiger partial charge is 0.311 e. The van der Waals surface area contributed by atoms with Crippen molar-refractivity contribution in [1.82, 2.24) is 0 Å². The fourth-order valence-corrected chi connectivity index (χ4v) is 9.93. The molecule has 274 valence electrons. The van der Waals surface area contributed by atoms with E-state index in [2.05, 4.69) is 181 Å². The van der Waals surface area contributed by atoms with Crippen molar-refractivity contribution in [2.45, 2.75) is 104 Å². The van der Waals surface area contributed by atoms with Crippen molar-refractivity contribution in [3.8, 4) is 0 Å². The number of hydrogen-bond donors (Lipinski definition) is 0. The molecule has 0 unspecified atom stereocenters. The second kappa shape index (κ2) is 11.7. The fourth-order valence-electron chi connectivity index (χ4n) is 9.93. The molecule has 2 nitrogen and oxygen atoms in total. The van der Waals surface area contributed by atoms with Crippen molar-refractivity contribution >= 4 is 57.2 Å². The molecule has 0 N–H and O–H groups in total. The molecule has 6 aromatic carbocycles. The van der Waals surface area contributed by atoms with Gasteiger partial charge in [-0.05, 0) is 153 Å². The molecular formula is C52H53BN2. The number of fused-ring (bicyclic) bond motifs is 6. The Morgan fingerprint density at radius 1 is 0.527 bits per heavy atom. The molecule has 3 heteroatoms. The highest BCUT2D eigenvalue weighted by Gasteiger charge is 2.47. The van der Waals surface area contributed by atoms with Crippen LogP contribution in [0.2, 0.25) is 0 Å². The van der Waals surface area contributed by atoms with E-state index >= 15 is 0 Å². The molecule has 2 heterocycles. The summed E-state index contributed by atoms with van der Waals surface area (Å²) in [5.74, 6) is 0. The van der Waals surface area contributed by atoms with Crippen LogP contribution in [0.3, 0.4) is 0 Å².